The van der Waals surface area contributed by atoms with E-state index in [1.54, 1.807) is 0 Å². The lowest BCUT2D eigenvalue weighted by atomic mass is 10.2. The van der Waals surface area contributed by atoms with Crippen LogP contribution in [0.15, 0.2) is 24.3 Å². The summed E-state index contributed by atoms with van der Waals surface area (Å²) in [5.74, 6) is 0. The molecule has 5 heteroatoms. The average Bonchev–Trinajstić information content (AvgIpc) is 2.79. The van der Waals surface area contributed by atoms with E-state index >= 15 is 0 Å². The Bertz CT molecular complexity index is 604. The smallest absolute Gasteiger partial charge is 0.0649 e. The van der Waals surface area contributed by atoms with Crippen molar-refractivity contribution in [1.29, 1.82) is 0 Å². The molecule has 2 rings (SSSR count). The first kappa shape index (κ1) is 17.0. The van der Waals surface area contributed by atoms with Crippen LogP contribution in [-0.4, -0.2) is 41.4 Å². The molecule has 0 aliphatic carbocycles. The van der Waals surface area contributed by atoms with Gasteiger partial charge in [0.1, 0.15) is 0 Å². The summed E-state index contributed by atoms with van der Waals surface area (Å²) >= 11 is 5.95. The summed E-state index contributed by atoms with van der Waals surface area (Å²) < 4.78 is 1.99. The fourth-order valence-corrected chi connectivity index (χ4v) is 2.53. The van der Waals surface area contributed by atoms with Gasteiger partial charge >= 0.3 is 0 Å². The lowest BCUT2D eigenvalue weighted by molar-refractivity contribution is 0.349. The third kappa shape index (κ3) is 4.09. The Morgan fingerprint density at radius 3 is 2.55 bits per heavy atom. The number of hydrogen-bond acceptors (Lipinski definition) is 3. The molecule has 0 amide bonds. The zero-order valence-electron chi connectivity index (χ0n) is 13.9. The van der Waals surface area contributed by atoms with Crippen molar-refractivity contribution in [3.8, 4) is 5.69 Å². The molecule has 0 saturated carbocycles. The minimum atomic E-state index is 0.743. The van der Waals surface area contributed by atoms with Gasteiger partial charge in [-0.1, -0.05) is 18.5 Å². The second kappa shape index (κ2) is 7.77. The molecule has 0 atom stereocenters. The van der Waals surface area contributed by atoms with Crippen LogP contribution in [0.3, 0.4) is 0 Å². The van der Waals surface area contributed by atoms with Gasteiger partial charge in [-0.3, -0.25) is 0 Å². The topological polar surface area (TPSA) is 33.1 Å². The van der Waals surface area contributed by atoms with E-state index in [0.29, 0.717) is 0 Å². The van der Waals surface area contributed by atoms with E-state index in [9.17, 15) is 0 Å². The van der Waals surface area contributed by atoms with Gasteiger partial charge < -0.3 is 10.2 Å². The molecule has 1 aromatic heterocycles. The van der Waals surface area contributed by atoms with Gasteiger partial charge in [0.2, 0.25) is 0 Å². The monoisotopic (exact) mass is 320 g/mol. The van der Waals surface area contributed by atoms with E-state index in [4.69, 9.17) is 11.6 Å². The maximum atomic E-state index is 5.95. The van der Waals surface area contributed by atoms with E-state index in [1.807, 2.05) is 28.9 Å². The lowest BCUT2D eigenvalue weighted by Crippen LogP contribution is -2.29. The molecule has 1 N–H and O–H groups in total. The van der Waals surface area contributed by atoms with E-state index in [1.165, 1.54) is 11.3 Å². The summed E-state index contributed by atoms with van der Waals surface area (Å²) in [6.45, 7) is 10.3. The van der Waals surface area contributed by atoms with Crippen LogP contribution >= 0.6 is 11.6 Å². The number of nitrogens with zero attached hydrogens (tertiary/aromatic N) is 3. The number of rotatable bonds is 7. The van der Waals surface area contributed by atoms with Gasteiger partial charge in [0.05, 0.1) is 11.4 Å². The molecule has 4 nitrogen and oxygen atoms in total. The normalized spacial score (nSPS) is 11.4. The Balaban J connectivity index is 2.05. The molecule has 1 heterocycles. The molecule has 0 fully saturated rings. The summed E-state index contributed by atoms with van der Waals surface area (Å²) in [5.41, 5.74) is 4.57. The van der Waals surface area contributed by atoms with Crippen LogP contribution < -0.4 is 5.32 Å². The molecular weight excluding hydrogens is 296 g/mol. The first-order valence-electron chi connectivity index (χ1n) is 7.73. The van der Waals surface area contributed by atoms with Gasteiger partial charge in [0, 0.05) is 35.9 Å². The maximum Gasteiger partial charge on any atom is 0.0649 e. The molecule has 2 aromatic rings. The third-order valence-corrected chi connectivity index (χ3v) is 4.28. The zero-order valence-corrected chi connectivity index (χ0v) is 14.6. The maximum absolute atomic E-state index is 5.95. The SMILES string of the molecule is CCN(C)CCNCc1c(C)nn(-c2ccc(Cl)cc2)c1C. The summed E-state index contributed by atoms with van der Waals surface area (Å²) in [7, 11) is 2.14. The van der Waals surface area contributed by atoms with Gasteiger partial charge in [-0.15, -0.1) is 0 Å². The summed E-state index contributed by atoms with van der Waals surface area (Å²) in [6.07, 6.45) is 0. The van der Waals surface area contributed by atoms with E-state index in [2.05, 4.69) is 43.1 Å². The Hall–Kier alpha value is -1.36. The van der Waals surface area contributed by atoms with Crippen molar-refractivity contribution in [1.82, 2.24) is 20.0 Å². The van der Waals surface area contributed by atoms with Crippen LogP contribution in [0, 0.1) is 13.8 Å². The Labute approximate surface area is 138 Å². The highest BCUT2D eigenvalue weighted by Crippen LogP contribution is 2.19. The van der Waals surface area contributed by atoms with Gasteiger partial charge in [-0.05, 0) is 51.7 Å². The molecule has 0 aliphatic heterocycles. The highest BCUT2D eigenvalue weighted by Gasteiger charge is 2.12. The Morgan fingerprint density at radius 1 is 1.23 bits per heavy atom. The number of aryl methyl sites for hydroxylation is 1. The fraction of sp³-hybridized carbons (Fsp3) is 0.471. The van der Waals surface area contributed by atoms with Crippen molar-refractivity contribution in [2.24, 2.45) is 0 Å². The number of hydrogen-bond donors (Lipinski definition) is 1. The van der Waals surface area contributed by atoms with Crippen molar-refractivity contribution in [3.05, 3.63) is 46.2 Å². The minimum absolute atomic E-state index is 0.743. The predicted octanol–water partition coefficient (Wildman–Crippen LogP) is 3.18. The molecule has 120 valence electrons. The minimum Gasteiger partial charge on any atom is -0.311 e. The Kier molecular flexibility index (Phi) is 6.00. The van der Waals surface area contributed by atoms with Crippen LogP contribution in [-0.2, 0) is 6.54 Å². The quantitative estimate of drug-likeness (QED) is 0.795. The molecule has 0 unspecified atom stereocenters. The molecule has 0 spiro atoms. The largest absolute Gasteiger partial charge is 0.311 e. The molecule has 0 saturated heterocycles. The van der Waals surface area contributed by atoms with E-state index < -0.39 is 0 Å². The number of likely N-dealkylation sites (N-methyl/N-ethyl adjacent to an activating group) is 1. The van der Waals surface area contributed by atoms with Crippen LogP contribution in [0.5, 0.6) is 0 Å². The first-order valence-corrected chi connectivity index (χ1v) is 8.11. The second-order valence-corrected chi connectivity index (χ2v) is 6.05. The van der Waals surface area contributed by atoms with Crippen molar-refractivity contribution >= 4 is 11.6 Å². The molecular formula is C17H25ClN4. The van der Waals surface area contributed by atoms with Crippen LogP contribution in [0.1, 0.15) is 23.9 Å². The van der Waals surface area contributed by atoms with Crippen LogP contribution in [0.25, 0.3) is 5.69 Å². The number of benzene rings is 1. The predicted molar refractivity (Wildman–Crippen MR) is 92.9 cm³/mol. The van der Waals surface area contributed by atoms with Crippen molar-refractivity contribution < 1.29 is 0 Å². The average molecular weight is 321 g/mol. The van der Waals surface area contributed by atoms with Crippen molar-refractivity contribution in [3.63, 3.8) is 0 Å². The van der Waals surface area contributed by atoms with Crippen LogP contribution in [0.2, 0.25) is 5.02 Å². The standard InChI is InChI=1S/C17H25ClN4/c1-5-21(4)11-10-19-12-17-13(2)20-22(14(17)3)16-8-6-15(18)7-9-16/h6-9,19H,5,10-12H2,1-4H3. The van der Waals surface area contributed by atoms with Gasteiger partial charge in [-0.25, -0.2) is 4.68 Å². The molecule has 22 heavy (non-hydrogen) atoms. The van der Waals surface area contributed by atoms with Crippen molar-refractivity contribution in [2.45, 2.75) is 27.3 Å². The summed E-state index contributed by atoms with van der Waals surface area (Å²) in [6, 6.07) is 7.78. The summed E-state index contributed by atoms with van der Waals surface area (Å²) in [5, 5.41) is 8.91. The molecule has 0 radical (unpaired) electrons. The fourth-order valence-electron chi connectivity index (χ4n) is 2.41. The van der Waals surface area contributed by atoms with Gasteiger partial charge in [0.25, 0.3) is 0 Å². The highest BCUT2D eigenvalue weighted by atomic mass is 35.5. The van der Waals surface area contributed by atoms with Gasteiger partial charge in [0.15, 0.2) is 0 Å². The third-order valence-electron chi connectivity index (χ3n) is 4.02. The first-order chi connectivity index (χ1) is 10.5. The Morgan fingerprint density at radius 2 is 1.91 bits per heavy atom. The molecule has 0 bridgehead atoms. The molecule has 0 aliphatic rings. The highest BCUT2D eigenvalue weighted by molar-refractivity contribution is 6.30. The van der Waals surface area contributed by atoms with E-state index in [0.717, 1.165) is 42.6 Å². The van der Waals surface area contributed by atoms with Crippen LogP contribution in [0.4, 0.5) is 0 Å². The number of nitrogens with one attached hydrogen (secondary N) is 1. The number of halogens is 1. The van der Waals surface area contributed by atoms with Crippen molar-refractivity contribution in [2.75, 3.05) is 26.7 Å². The summed E-state index contributed by atoms with van der Waals surface area (Å²) in [4.78, 5) is 2.30. The van der Waals surface area contributed by atoms with E-state index in [-0.39, 0.29) is 0 Å². The lowest BCUT2D eigenvalue weighted by Gasteiger charge is -2.14. The zero-order chi connectivity index (χ0) is 16.1. The molecule has 1 aromatic carbocycles. The number of aromatic nitrogens is 2. The van der Waals surface area contributed by atoms with Gasteiger partial charge in [-0.2, -0.15) is 5.10 Å². The second-order valence-electron chi connectivity index (χ2n) is 5.61.